The van der Waals surface area contributed by atoms with Gasteiger partial charge in [0.1, 0.15) is 70.8 Å². The maximum Gasteiger partial charge on any atom is 0.262 e. The van der Waals surface area contributed by atoms with Gasteiger partial charge >= 0.3 is 0 Å². The number of hydrogen-bond donors (Lipinski definition) is 4. The van der Waals surface area contributed by atoms with Crippen LogP contribution in [0, 0.1) is 112 Å². The summed E-state index contributed by atoms with van der Waals surface area (Å²) in [6, 6.07) is 14.5. The number of nitrogens with zero attached hydrogens (tertiary/aromatic N) is 12. The van der Waals surface area contributed by atoms with Crippen molar-refractivity contribution in [1.82, 2.24) is 40.9 Å². The molecule has 20 heteroatoms. The number of carbonyl (C=O) groups is 4. The minimum absolute atomic E-state index is 0.162. The van der Waals surface area contributed by atoms with Gasteiger partial charge in [0.2, 0.25) is 0 Å². The second-order valence-corrected chi connectivity index (χ2v) is 28.0. The van der Waals surface area contributed by atoms with Crippen molar-refractivity contribution in [3.63, 3.8) is 0 Å². The molecule has 4 N–H and O–H groups in total. The number of likely N-dealkylation sites (tertiary alicyclic amines) is 4. The van der Waals surface area contributed by atoms with E-state index in [1.165, 1.54) is 0 Å². The van der Waals surface area contributed by atoms with Crippen molar-refractivity contribution >= 4 is 23.6 Å². The largest absolute Gasteiger partial charge is 0.374 e. The summed E-state index contributed by atoms with van der Waals surface area (Å²) < 4.78 is 0. The fourth-order valence-electron chi connectivity index (χ4n) is 14.5. The predicted molar refractivity (Wildman–Crippen MR) is 326 cm³/mol. The number of amides is 4. The lowest BCUT2D eigenvalue weighted by Crippen LogP contribution is -2.60. The molecule has 8 aliphatic rings. The van der Waals surface area contributed by atoms with Crippen LogP contribution in [0.3, 0.4) is 0 Å². The van der Waals surface area contributed by atoms with Gasteiger partial charge < -0.3 is 40.9 Å². The highest BCUT2D eigenvalue weighted by atomic mass is 16.2. The van der Waals surface area contributed by atoms with E-state index in [4.69, 9.17) is 0 Å². The minimum atomic E-state index is -1.53. The van der Waals surface area contributed by atoms with Crippen LogP contribution in [0.15, 0.2) is 89.7 Å². The Kier molecular flexibility index (Phi) is 19.8. The van der Waals surface area contributed by atoms with Crippen molar-refractivity contribution in [2.24, 2.45) is 21.7 Å². The lowest BCUT2D eigenvalue weighted by Gasteiger charge is -2.38. The van der Waals surface area contributed by atoms with Crippen molar-refractivity contribution in [2.75, 3.05) is 65.4 Å². The first kappa shape index (κ1) is 64.9. The van der Waals surface area contributed by atoms with Gasteiger partial charge in [-0.05, 0) is 147 Å². The van der Waals surface area contributed by atoms with E-state index in [0.717, 1.165) is 74.2 Å². The van der Waals surface area contributed by atoms with Crippen LogP contribution in [0.25, 0.3) is 0 Å². The fourth-order valence-corrected chi connectivity index (χ4v) is 14.5. The molecule has 4 aliphatic heterocycles. The van der Waals surface area contributed by atoms with Gasteiger partial charge in [0.15, 0.2) is 0 Å². The summed E-state index contributed by atoms with van der Waals surface area (Å²) in [4.78, 5) is 69.0. The Morgan fingerprint density at radius 1 is 0.352 bits per heavy atom. The van der Waals surface area contributed by atoms with Crippen LogP contribution < -0.4 is 21.3 Å². The van der Waals surface area contributed by atoms with E-state index < -0.39 is 81.6 Å². The molecule has 0 spiro atoms. The zero-order chi connectivity index (χ0) is 63.9. The number of nitrogens with one attached hydrogen (secondary N) is 4. The molecular formula is C68H82N16O4. The van der Waals surface area contributed by atoms with E-state index >= 15 is 9.59 Å². The molecule has 0 aromatic heterocycles. The van der Waals surface area contributed by atoms with Crippen molar-refractivity contribution in [2.45, 2.75) is 170 Å². The van der Waals surface area contributed by atoms with E-state index in [1.54, 1.807) is 0 Å². The summed E-state index contributed by atoms with van der Waals surface area (Å²) in [5, 5.41) is 98.7. The smallest absolute Gasteiger partial charge is 0.262 e. The van der Waals surface area contributed by atoms with Crippen LogP contribution in [0.5, 0.6) is 0 Å². The third-order valence-electron chi connectivity index (χ3n) is 18.6. The monoisotopic (exact) mass is 1190 g/mol. The first-order valence-corrected chi connectivity index (χ1v) is 31.1. The molecule has 458 valence electrons. The van der Waals surface area contributed by atoms with Crippen LogP contribution in [-0.2, 0) is 19.2 Å². The minimum Gasteiger partial charge on any atom is -0.374 e. The molecule has 4 heterocycles. The fraction of sp³-hybridized carbons (Fsp3) is 0.588. The summed E-state index contributed by atoms with van der Waals surface area (Å²) in [6.07, 6.45) is 10.1. The maximum absolute atomic E-state index is 15.3. The Labute approximate surface area is 519 Å². The summed E-state index contributed by atoms with van der Waals surface area (Å²) in [6.45, 7) is 20.4. The Morgan fingerprint density at radius 3 is 0.750 bits per heavy atom. The highest BCUT2D eigenvalue weighted by Gasteiger charge is 2.43. The first-order valence-electron chi connectivity index (χ1n) is 31.1. The van der Waals surface area contributed by atoms with Crippen LogP contribution in [0.2, 0.25) is 0 Å². The van der Waals surface area contributed by atoms with Crippen molar-refractivity contribution in [3.05, 3.63) is 89.7 Å². The molecule has 8 rings (SSSR count). The summed E-state index contributed by atoms with van der Waals surface area (Å²) >= 11 is 0. The average Bonchev–Trinajstić information content (AvgIpc) is 1.94. The second kappa shape index (κ2) is 26.9. The average molecular weight is 1190 g/mol. The van der Waals surface area contributed by atoms with E-state index in [-0.39, 0.29) is 81.4 Å². The molecule has 0 aromatic carbocycles. The van der Waals surface area contributed by atoms with Gasteiger partial charge in [-0.1, -0.05) is 55.4 Å². The summed E-state index contributed by atoms with van der Waals surface area (Å²) in [7, 11) is 0. The summed E-state index contributed by atoms with van der Waals surface area (Å²) in [5.74, 6) is -3.82. The maximum atomic E-state index is 15.3. The highest BCUT2D eigenvalue weighted by molar-refractivity contribution is 6.02. The predicted octanol–water partition coefficient (Wildman–Crippen LogP) is 8.24. The van der Waals surface area contributed by atoms with Crippen LogP contribution in [0.4, 0.5) is 0 Å². The van der Waals surface area contributed by atoms with Gasteiger partial charge in [0.05, 0.1) is 34.4 Å². The molecule has 4 amide bonds. The third-order valence-corrected chi connectivity index (χ3v) is 18.6. The molecule has 0 bridgehead atoms. The van der Waals surface area contributed by atoms with E-state index in [1.807, 2.05) is 55.4 Å². The van der Waals surface area contributed by atoms with Crippen LogP contribution in [0.1, 0.15) is 158 Å². The molecule has 0 radical (unpaired) electrons. The lowest BCUT2D eigenvalue weighted by atomic mass is 9.72. The van der Waals surface area contributed by atoms with Crippen molar-refractivity contribution in [1.29, 1.82) is 42.1 Å². The molecule has 88 heavy (non-hydrogen) atoms. The molecule has 0 aromatic rings. The van der Waals surface area contributed by atoms with Crippen molar-refractivity contribution in [3.8, 4) is 48.6 Å². The third kappa shape index (κ3) is 14.2. The van der Waals surface area contributed by atoms with Gasteiger partial charge in [-0.15, -0.1) is 0 Å². The van der Waals surface area contributed by atoms with Gasteiger partial charge in [0, 0.05) is 88.2 Å². The molecule has 0 saturated carbocycles. The Hall–Kier alpha value is -9.08. The van der Waals surface area contributed by atoms with Crippen molar-refractivity contribution < 1.29 is 19.2 Å². The quantitative estimate of drug-likeness (QED) is 0.0886. The number of hydrogen-bond acceptors (Lipinski definition) is 16. The van der Waals surface area contributed by atoms with Gasteiger partial charge in [-0.3, -0.25) is 19.2 Å². The first-order chi connectivity index (χ1) is 41.9. The van der Waals surface area contributed by atoms with E-state index in [9.17, 15) is 51.7 Å². The Balaban J connectivity index is 1.28. The Bertz CT molecular complexity index is 3300. The molecule has 20 nitrogen and oxygen atoms in total. The SMILES string of the molecule is CC1(C)CC(N2CCCC2)=C(C#N)/C(=C(/C#N)C(=O)NC(CNC(=O)/C(C#N)=C2\CC(C)(C)CC(N3CCCC3)=C2C#N)C(CNC(=O)/C(C#N)=C2\CC(C)(C)CC(N3CCCC3)=C2C#N)NC(=O)/C(C#N)=C2\CC(C)(C)CC(N3CCCC3)=C2C#N)C1. The normalized spacial score (nSPS) is 24.2. The summed E-state index contributed by atoms with van der Waals surface area (Å²) in [5.41, 5.74) is 1.21. The topological polar surface area (TPSA) is 320 Å². The zero-order valence-electron chi connectivity index (χ0n) is 52.5. The number of rotatable bonds is 15. The van der Waals surface area contributed by atoms with Gasteiger partial charge in [0.25, 0.3) is 23.6 Å². The highest BCUT2D eigenvalue weighted by Crippen LogP contribution is 2.49. The molecule has 4 fully saturated rings. The number of carbonyl (C=O) groups excluding carboxylic acids is 4. The molecular weight excluding hydrogens is 1100 g/mol. The second-order valence-electron chi connectivity index (χ2n) is 28.0. The van der Waals surface area contributed by atoms with Gasteiger partial charge in [-0.2, -0.15) is 42.1 Å². The van der Waals surface area contributed by atoms with Gasteiger partial charge in [-0.25, -0.2) is 0 Å². The van der Waals surface area contributed by atoms with E-state index in [0.29, 0.717) is 78.0 Å². The Morgan fingerprint density at radius 2 is 0.557 bits per heavy atom. The standard InChI is InChI=1S/C68H82N16O4/c1-65(2)25-43(47(33-69)57(29-65)81-17-9-10-18-81)51(37-73)61(85)77-41-55(79-63(87)53(39-75)45-27-67(5,6)31-59(49(45)35-71)83-21-13-14-22-83)56(80-64(88)54(40-76)46-28-68(7,8)32-60(50(46)36-72)84-23-15-16-24-84)42-78-62(86)52(38-74)44-26-66(3,4)30-58(48(44)34-70)82-19-11-12-20-82/h55-56H,9-32,41-42H2,1-8H3,(H,77,85)(H,78,86)(H,79,87)(H,80,88)/b51-43+,52-44+,53-45-,54-46+. The van der Waals surface area contributed by atoms with Crippen LogP contribution >= 0.6 is 0 Å². The zero-order valence-corrected chi connectivity index (χ0v) is 52.5. The molecule has 2 atom stereocenters. The van der Waals surface area contributed by atoms with Crippen LogP contribution in [-0.4, -0.2) is 121 Å². The molecule has 2 unspecified atom stereocenters. The number of allylic oxidation sites excluding steroid dienone is 12. The van der Waals surface area contributed by atoms with E-state index in [2.05, 4.69) is 89.4 Å². The molecule has 4 saturated heterocycles. The number of nitriles is 8. The molecule has 4 aliphatic carbocycles. The lowest BCUT2D eigenvalue weighted by molar-refractivity contribution is -0.121.